The van der Waals surface area contributed by atoms with E-state index in [-0.39, 0.29) is 0 Å². The summed E-state index contributed by atoms with van der Waals surface area (Å²) in [4.78, 5) is 22.3. The van der Waals surface area contributed by atoms with Crippen LogP contribution in [0.1, 0.15) is 22.0 Å². The van der Waals surface area contributed by atoms with Gasteiger partial charge in [0.25, 0.3) is 0 Å². The Labute approximate surface area is 121 Å². The first kappa shape index (κ1) is 15.0. The van der Waals surface area contributed by atoms with E-state index in [1.165, 1.54) is 18.0 Å². The number of carboxylic acids is 1. The fraction of sp³-hybridized carbons (Fsp3) is 0.214. The number of carbonyl (C=O) groups is 1. The van der Waals surface area contributed by atoms with E-state index in [4.69, 9.17) is 0 Å². The van der Waals surface area contributed by atoms with Crippen LogP contribution in [-0.2, 0) is 9.36 Å². The van der Waals surface area contributed by atoms with E-state index < -0.39 is 24.9 Å². The molecule has 0 saturated carbocycles. The van der Waals surface area contributed by atoms with E-state index in [0.717, 1.165) is 0 Å². The van der Waals surface area contributed by atoms with Crippen LogP contribution in [0.5, 0.6) is 0 Å². The van der Waals surface area contributed by atoms with Crippen LogP contribution in [0.2, 0.25) is 0 Å². The van der Waals surface area contributed by atoms with Gasteiger partial charge < -0.3 is 10.00 Å². The zero-order chi connectivity index (χ0) is 14.8. The SMILES string of the molecule is CP(=O)(O)C(c1cccs1)C(C(=O)O)c1ccccc1. The van der Waals surface area contributed by atoms with Crippen molar-refractivity contribution in [1.82, 2.24) is 0 Å². The van der Waals surface area contributed by atoms with Gasteiger partial charge in [0.05, 0.1) is 11.6 Å². The van der Waals surface area contributed by atoms with Crippen molar-refractivity contribution in [1.29, 1.82) is 0 Å². The maximum Gasteiger partial charge on any atom is 0.312 e. The Bertz CT molecular complexity index is 618. The summed E-state index contributed by atoms with van der Waals surface area (Å²) in [7, 11) is -3.61. The predicted octanol–water partition coefficient (Wildman–Crippen LogP) is 3.56. The van der Waals surface area contributed by atoms with Gasteiger partial charge in [-0.1, -0.05) is 36.4 Å². The van der Waals surface area contributed by atoms with Gasteiger partial charge in [0.1, 0.15) is 0 Å². The van der Waals surface area contributed by atoms with Crippen LogP contribution in [0.4, 0.5) is 0 Å². The minimum Gasteiger partial charge on any atom is -0.481 e. The largest absolute Gasteiger partial charge is 0.481 e. The first-order valence-electron chi connectivity index (χ1n) is 6.02. The molecule has 1 heterocycles. The normalized spacial score (nSPS) is 17.1. The van der Waals surface area contributed by atoms with Gasteiger partial charge in [0.2, 0.25) is 7.37 Å². The van der Waals surface area contributed by atoms with Crippen molar-refractivity contribution in [3.8, 4) is 0 Å². The smallest absolute Gasteiger partial charge is 0.312 e. The van der Waals surface area contributed by atoms with Crippen molar-refractivity contribution in [2.75, 3.05) is 6.66 Å². The highest BCUT2D eigenvalue weighted by atomic mass is 32.1. The maximum atomic E-state index is 12.2. The molecule has 106 valence electrons. The molecular weight excluding hydrogens is 295 g/mol. The minimum atomic E-state index is -3.61. The summed E-state index contributed by atoms with van der Waals surface area (Å²) in [5, 5.41) is 11.3. The molecule has 3 atom stereocenters. The molecule has 0 radical (unpaired) electrons. The van der Waals surface area contributed by atoms with Gasteiger partial charge in [-0.05, 0) is 17.0 Å². The van der Waals surface area contributed by atoms with Crippen LogP contribution >= 0.6 is 18.7 Å². The van der Waals surface area contributed by atoms with Crippen molar-refractivity contribution in [3.05, 3.63) is 58.3 Å². The Morgan fingerprint density at radius 3 is 2.30 bits per heavy atom. The second-order valence-corrected chi connectivity index (χ2v) is 8.05. The molecule has 0 bridgehead atoms. The van der Waals surface area contributed by atoms with E-state index >= 15 is 0 Å². The summed E-state index contributed by atoms with van der Waals surface area (Å²) in [6, 6.07) is 12.1. The monoisotopic (exact) mass is 310 g/mol. The molecule has 0 fully saturated rings. The summed E-state index contributed by atoms with van der Waals surface area (Å²) < 4.78 is 12.2. The van der Waals surface area contributed by atoms with Gasteiger partial charge in [0, 0.05) is 11.5 Å². The van der Waals surface area contributed by atoms with E-state index in [2.05, 4.69) is 0 Å². The topological polar surface area (TPSA) is 74.6 Å². The highest BCUT2D eigenvalue weighted by Gasteiger charge is 2.41. The fourth-order valence-electron chi connectivity index (χ4n) is 2.26. The van der Waals surface area contributed by atoms with E-state index in [1.54, 1.807) is 47.8 Å². The number of benzene rings is 1. The lowest BCUT2D eigenvalue weighted by atomic mass is 9.94. The lowest BCUT2D eigenvalue weighted by Crippen LogP contribution is -2.19. The molecule has 1 aromatic heterocycles. The molecule has 0 aliphatic rings. The lowest BCUT2D eigenvalue weighted by Gasteiger charge is -2.25. The molecule has 20 heavy (non-hydrogen) atoms. The van der Waals surface area contributed by atoms with Gasteiger partial charge >= 0.3 is 5.97 Å². The standard InChI is InChI=1S/C14H15O4PS/c1-19(17,18)13(11-8-5-9-20-11)12(14(15)16)10-6-3-2-4-7-10/h2-9,12-13H,1H3,(H,15,16)(H,17,18). The van der Waals surface area contributed by atoms with Crippen molar-refractivity contribution >= 4 is 24.7 Å². The van der Waals surface area contributed by atoms with Crippen LogP contribution < -0.4 is 0 Å². The van der Waals surface area contributed by atoms with Crippen LogP contribution in [0.3, 0.4) is 0 Å². The summed E-state index contributed by atoms with van der Waals surface area (Å²) in [6.07, 6.45) is 0. The third-order valence-electron chi connectivity index (χ3n) is 3.09. The van der Waals surface area contributed by atoms with Gasteiger partial charge in [0.15, 0.2) is 0 Å². The number of thiophene rings is 1. The molecule has 0 amide bonds. The maximum absolute atomic E-state index is 12.2. The molecule has 6 heteroatoms. The van der Waals surface area contributed by atoms with E-state index in [1.807, 2.05) is 0 Å². The van der Waals surface area contributed by atoms with Crippen molar-refractivity contribution in [2.45, 2.75) is 11.6 Å². The van der Waals surface area contributed by atoms with E-state index in [9.17, 15) is 19.4 Å². The summed E-state index contributed by atoms with van der Waals surface area (Å²) in [5.41, 5.74) is -0.392. The van der Waals surface area contributed by atoms with Gasteiger partial charge in [-0.2, -0.15) is 0 Å². The van der Waals surface area contributed by atoms with Crippen LogP contribution in [0, 0.1) is 0 Å². The number of hydrogen-bond acceptors (Lipinski definition) is 3. The Morgan fingerprint density at radius 1 is 1.20 bits per heavy atom. The third-order valence-corrected chi connectivity index (χ3v) is 5.83. The van der Waals surface area contributed by atoms with Gasteiger partial charge in [-0.25, -0.2) is 0 Å². The number of rotatable bonds is 5. The summed E-state index contributed by atoms with van der Waals surface area (Å²) in [6.45, 7) is 1.22. The Hall–Kier alpha value is -1.42. The molecule has 3 unspecified atom stereocenters. The summed E-state index contributed by atoms with van der Waals surface area (Å²) >= 11 is 1.30. The molecule has 2 aromatic rings. The molecule has 1 aromatic carbocycles. The zero-order valence-corrected chi connectivity index (χ0v) is 12.6. The average molecular weight is 310 g/mol. The van der Waals surface area contributed by atoms with Crippen molar-refractivity contribution in [2.24, 2.45) is 0 Å². The predicted molar refractivity (Wildman–Crippen MR) is 79.6 cm³/mol. The fourth-order valence-corrected chi connectivity index (χ4v) is 5.18. The molecular formula is C14H15O4PS. The highest BCUT2D eigenvalue weighted by Crippen LogP contribution is 2.59. The highest BCUT2D eigenvalue weighted by molar-refractivity contribution is 7.58. The lowest BCUT2D eigenvalue weighted by molar-refractivity contribution is -0.138. The zero-order valence-electron chi connectivity index (χ0n) is 10.8. The average Bonchev–Trinajstić information content (AvgIpc) is 2.88. The minimum absolute atomic E-state index is 0.537. The molecule has 0 spiro atoms. The number of aliphatic carboxylic acids is 1. The molecule has 0 aliphatic heterocycles. The molecule has 2 rings (SSSR count). The second kappa shape index (κ2) is 5.92. The number of carboxylic acid groups (broad SMARTS) is 1. The van der Waals surface area contributed by atoms with Crippen molar-refractivity contribution < 1.29 is 19.4 Å². The van der Waals surface area contributed by atoms with Gasteiger partial charge in [-0.3, -0.25) is 9.36 Å². The first-order valence-corrected chi connectivity index (χ1v) is 9.08. The van der Waals surface area contributed by atoms with Crippen LogP contribution in [0.25, 0.3) is 0 Å². The van der Waals surface area contributed by atoms with E-state index in [0.29, 0.717) is 10.4 Å². The molecule has 4 nitrogen and oxygen atoms in total. The van der Waals surface area contributed by atoms with Gasteiger partial charge in [-0.15, -0.1) is 11.3 Å². The van der Waals surface area contributed by atoms with Crippen molar-refractivity contribution in [3.63, 3.8) is 0 Å². The molecule has 0 aliphatic carbocycles. The first-order chi connectivity index (χ1) is 9.41. The van der Waals surface area contributed by atoms with Crippen LogP contribution in [-0.4, -0.2) is 22.6 Å². The Morgan fingerprint density at radius 2 is 1.85 bits per heavy atom. The molecule has 0 saturated heterocycles. The Balaban J connectivity index is 2.55. The summed E-state index contributed by atoms with van der Waals surface area (Å²) in [5.74, 6) is -2.12. The third kappa shape index (κ3) is 3.18. The quantitative estimate of drug-likeness (QED) is 0.828. The Kier molecular flexibility index (Phi) is 4.43. The molecule has 2 N–H and O–H groups in total. The number of hydrogen-bond donors (Lipinski definition) is 2. The second-order valence-electron chi connectivity index (χ2n) is 4.63. The van der Waals surface area contributed by atoms with Crippen LogP contribution in [0.15, 0.2) is 47.8 Å².